The maximum Gasteiger partial charge on any atom is 0.101 e. The number of benzene rings is 1. The fraction of sp³-hybridized carbons (Fsp3) is 0.533. The van der Waals surface area contributed by atoms with Gasteiger partial charge in [-0.05, 0) is 44.5 Å². The summed E-state index contributed by atoms with van der Waals surface area (Å²) < 4.78 is 0. The van der Waals surface area contributed by atoms with Gasteiger partial charge in [0.1, 0.15) is 6.07 Å². The summed E-state index contributed by atoms with van der Waals surface area (Å²) in [4.78, 5) is 4.87. The first-order valence-corrected chi connectivity index (χ1v) is 7.23. The number of hydrogen-bond donors (Lipinski definition) is 0. The number of anilines is 1. The van der Waals surface area contributed by atoms with E-state index in [9.17, 15) is 5.26 Å². The van der Waals surface area contributed by atoms with E-state index in [0.717, 1.165) is 18.8 Å². The van der Waals surface area contributed by atoms with Crippen molar-refractivity contribution in [1.29, 1.82) is 5.26 Å². The normalized spacial score (nSPS) is 27.1. The van der Waals surface area contributed by atoms with E-state index in [-0.39, 0.29) is 0 Å². The molecule has 2 aliphatic heterocycles. The fourth-order valence-corrected chi connectivity index (χ4v) is 3.57. The zero-order valence-corrected chi connectivity index (χ0v) is 11.9. The molecule has 2 unspecified atom stereocenters. The molecule has 2 saturated heterocycles. The lowest BCUT2D eigenvalue weighted by Gasteiger charge is -2.28. The molecule has 4 heteroatoms. The maximum absolute atomic E-state index is 9.28. The number of likely N-dealkylation sites (N-methyl/N-ethyl adjacent to an activating group) is 1. The van der Waals surface area contributed by atoms with E-state index in [1.807, 2.05) is 12.1 Å². The predicted molar refractivity (Wildman–Crippen MR) is 77.6 cm³/mol. The Morgan fingerprint density at radius 3 is 2.84 bits per heavy atom. The highest BCUT2D eigenvalue weighted by molar-refractivity contribution is 6.30. The molecule has 19 heavy (non-hydrogen) atoms. The minimum Gasteiger partial charge on any atom is -0.369 e. The van der Waals surface area contributed by atoms with Crippen molar-refractivity contribution in [2.45, 2.75) is 31.3 Å². The Hall–Kier alpha value is -1.24. The smallest absolute Gasteiger partial charge is 0.101 e. The zero-order valence-electron chi connectivity index (χ0n) is 11.1. The summed E-state index contributed by atoms with van der Waals surface area (Å²) in [5.74, 6) is 0. The molecule has 2 atom stereocenters. The van der Waals surface area contributed by atoms with Crippen LogP contribution in [0, 0.1) is 11.3 Å². The summed E-state index contributed by atoms with van der Waals surface area (Å²) >= 11 is 5.98. The molecule has 1 aromatic rings. The molecule has 0 aliphatic carbocycles. The average Bonchev–Trinajstić information content (AvgIpc) is 2.64. The Labute approximate surface area is 119 Å². The number of nitrogens with zero attached hydrogens (tertiary/aromatic N) is 3. The van der Waals surface area contributed by atoms with Crippen molar-refractivity contribution >= 4 is 17.3 Å². The van der Waals surface area contributed by atoms with Gasteiger partial charge >= 0.3 is 0 Å². The first-order chi connectivity index (χ1) is 9.19. The van der Waals surface area contributed by atoms with E-state index in [1.54, 1.807) is 6.07 Å². The third-order valence-electron chi connectivity index (χ3n) is 4.57. The Morgan fingerprint density at radius 1 is 1.26 bits per heavy atom. The van der Waals surface area contributed by atoms with Gasteiger partial charge in [0, 0.05) is 30.2 Å². The average molecular weight is 276 g/mol. The molecule has 3 rings (SSSR count). The molecular weight excluding hydrogens is 258 g/mol. The van der Waals surface area contributed by atoms with Crippen molar-refractivity contribution in [3.8, 4) is 6.07 Å². The number of halogens is 1. The molecule has 2 bridgehead atoms. The van der Waals surface area contributed by atoms with Gasteiger partial charge in [0.05, 0.1) is 11.3 Å². The van der Waals surface area contributed by atoms with Crippen LogP contribution in [0.5, 0.6) is 0 Å². The quantitative estimate of drug-likeness (QED) is 0.789. The van der Waals surface area contributed by atoms with Crippen LogP contribution in [-0.2, 0) is 0 Å². The van der Waals surface area contributed by atoms with Gasteiger partial charge in [0.25, 0.3) is 0 Å². The summed E-state index contributed by atoms with van der Waals surface area (Å²) in [6.45, 7) is 2.05. The van der Waals surface area contributed by atoms with E-state index < -0.39 is 0 Å². The Bertz CT molecular complexity index is 523. The van der Waals surface area contributed by atoms with Gasteiger partial charge < -0.3 is 4.90 Å². The lowest BCUT2D eigenvalue weighted by Crippen LogP contribution is -2.36. The van der Waals surface area contributed by atoms with Crippen LogP contribution in [0.3, 0.4) is 0 Å². The topological polar surface area (TPSA) is 30.3 Å². The van der Waals surface area contributed by atoms with Crippen molar-refractivity contribution in [1.82, 2.24) is 4.90 Å². The zero-order chi connectivity index (χ0) is 13.4. The highest BCUT2D eigenvalue weighted by Crippen LogP contribution is 2.32. The summed E-state index contributed by atoms with van der Waals surface area (Å²) in [5, 5.41) is 9.92. The van der Waals surface area contributed by atoms with Crippen LogP contribution in [0.1, 0.15) is 24.8 Å². The minimum atomic E-state index is 0.620. The van der Waals surface area contributed by atoms with Crippen LogP contribution < -0.4 is 4.90 Å². The monoisotopic (exact) mass is 275 g/mol. The molecule has 2 fully saturated rings. The second-order valence-electron chi connectivity index (χ2n) is 5.56. The number of hydrogen-bond acceptors (Lipinski definition) is 3. The van der Waals surface area contributed by atoms with Crippen LogP contribution in [0.25, 0.3) is 0 Å². The summed E-state index contributed by atoms with van der Waals surface area (Å²) in [6.07, 6.45) is 3.77. The van der Waals surface area contributed by atoms with Crippen molar-refractivity contribution in [3.63, 3.8) is 0 Å². The third-order valence-corrected chi connectivity index (χ3v) is 4.80. The third kappa shape index (κ3) is 2.31. The number of rotatable bonds is 1. The van der Waals surface area contributed by atoms with Gasteiger partial charge in [0.2, 0.25) is 0 Å². The van der Waals surface area contributed by atoms with Crippen LogP contribution in [-0.4, -0.2) is 37.1 Å². The van der Waals surface area contributed by atoms with Gasteiger partial charge in [0.15, 0.2) is 0 Å². The van der Waals surface area contributed by atoms with Gasteiger partial charge in [-0.25, -0.2) is 0 Å². The molecule has 1 aromatic carbocycles. The van der Waals surface area contributed by atoms with Gasteiger partial charge in [-0.2, -0.15) is 5.26 Å². The van der Waals surface area contributed by atoms with Crippen LogP contribution in [0.15, 0.2) is 18.2 Å². The second-order valence-corrected chi connectivity index (χ2v) is 5.99. The van der Waals surface area contributed by atoms with Gasteiger partial charge in [-0.3, -0.25) is 4.90 Å². The molecule has 0 spiro atoms. The SMILES string of the molecule is CN1C2CCC1CN(c1ccc(Cl)cc1C#N)CC2. The highest BCUT2D eigenvalue weighted by Gasteiger charge is 2.35. The van der Waals surface area contributed by atoms with Crippen molar-refractivity contribution in [3.05, 3.63) is 28.8 Å². The highest BCUT2D eigenvalue weighted by atomic mass is 35.5. The molecule has 100 valence electrons. The van der Waals surface area contributed by atoms with Crippen molar-refractivity contribution in [2.24, 2.45) is 0 Å². The summed E-state index contributed by atoms with van der Waals surface area (Å²) in [6, 6.07) is 9.24. The fourth-order valence-electron chi connectivity index (χ4n) is 3.40. The number of nitriles is 1. The molecule has 3 nitrogen and oxygen atoms in total. The van der Waals surface area contributed by atoms with Crippen LogP contribution in [0.2, 0.25) is 5.02 Å². The minimum absolute atomic E-state index is 0.620. The molecule has 0 amide bonds. The van der Waals surface area contributed by atoms with Gasteiger partial charge in [-0.15, -0.1) is 0 Å². The molecule has 0 saturated carbocycles. The largest absolute Gasteiger partial charge is 0.369 e. The Balaban J connectivity index is 1.89. The summed E-state index contributed by atoms with van der Waals surface area (Å²) in [7, 11) is 2.24. The van der Waals surface area contributed by atoms with Crippen LogP contribution >= 0.6 is 11.6 Å². The van der Waals surface area contributed by atoms with Crippen LogP contribution in [0.4, 0.5) is 5.69 Å². The van der Waals surface area contributed by atoms with E-state index in [0.29, 0.717) is 22.7 Å². The lowest BCUT2D eigenvalue weighted by molar-refractivity contribution is 0.254. The molecule has 0 N–H and O–H groups in total. The molecule has 0 aromatic heterocycles. The Kier molecular flexibility index (Phi) is 3.38. The second kappa shape index (κ2) is 5.03. The standard InChI is InChI=1S/C15H18ClN3/c1-18-13-3-4-14(18)10-19(7-6-13)15-5-2-12(16)8-11(15)9-17/h2,5,8,13-14H,3-4,6-7,10H2,1H3. The Morgan fingerprint density at radius 2 is 2.05 bits per heavy atom. The molecule has 2 aliphatic rings. The number of fused-ring (bicyclic) bond motifs is 2. The van der Waals surface area contributed by atoms with Crippen molar-refractivity contribution < 1.29 is 0 Å². The summed E-state index contributed by atoms with van der Waals surface area (Å²) in [5.41, 5.74) is 1.72. The van der Waals surface area contributed by atoms with E-state index >= 15 is 0 Å². The van der Waals surface area contributed by atoms with E-state index in [4.69, 9.17) is 11.6 Å². The predicted octanol–water partition coefficient (Wildman–Crippen LogP) is 2.88. The van der Waals surface area contributed by atoms with E-state index in [2.05, 4.69) is 22.9 Å². The molecule has 2 heterocycles. The first-order valence-electron chi connectivity index (χ1n) is 6.85. The van der Waals surface area contributed by atoms with E-state index in [1.165, 1.54) is 19.3 Å². The maximum atomic E-state index is 9.28. The molecule has 0 radical (unpaired) electrons. The molecular formula is C15H18ClN3. The lowest BCUT2D eigenvalue weighted by atomic mass is 10.1. The first kappa shape index (κ1) is 12.8. The van der Waals surface area contributed by atoms with Gasteiger partial charge in [-0.1, -0.05) is 11.6 Å². The van der Waals surface area contributed by atoms with Crippen molar-refractivity contribution in [2.75, 3.05) is 25.0 Å².